The van der Waals surface area contributed by atoms with Gasteiger partial charge in [0.25, 0.3) is 0 Å². The molecule has 244 valence electrons. The lowest BCUT2D eigenvalue weighted by Crippen LogP contribution is -2.58. The van der Waals surface area contributed by atoms with E-state index < -0.39 is 60.2 Å². The summed E-state index contributed by atoms with van der Waals surface area (Å²) in [6, 6.07) is 10.00. The second-order valence-corrected chi connectivity index (χ2v) is 11.2. The Balaban J connectivity index is 1.54. The number of H-pyrrole nitrogens is 2. The van der Waals surface area contributed by atoms with E-state index in [2.05, 4.69) is 25.9 Å². The van der Waals surface area contributed by atoms with E-state index in [-0.39, 0.29) is 19.3 Å². The third-order valence-electron chi connectivity index (χ3n) is 7.78. The van der Waals surface area contributed by atoms with Crippen molar-refractivity contribution in [3.05, 3.63) is 72.1 Å². The highest BCUT2D eigenvalue weighted by atomic mass is 16.4. The van der Waals surface area contributed by atoms with Crippen molar-refractivity contribution in [2.24, 2.45) is 17.2 Å². The maximum absolute atomic E-state index is 13.7. The fourth-order valence-corrected chi connectivity index (χ4v) is 5.34. The van der Waals surface area contributed by atoms with Crippen molar-refractivity contribution in [2.75, 3.05) is 6.54 Å². The first kappa shape index (κ1) is 33.7. The van der Waals surface area contributed by atoms with Crippen LogP contribution in [0, 0.1) is 0 Å². The van der Waals surface area contributed by atoms with Crippen molar-refractivity contribution in [3.8, 4) is 0 Å². The maximum Gasteiger partial charge on any atom is 0.326 e. The van der Waals surface area contributed by atoms with Crippen LogP contribution in [0.15, 0.2) is 60.9 Å². The summed E-state index contributed by atoms with van der Waals surface area (Å²) in [6.07, 6.45) is 4.20. The Bertz CT molecular complexity index is 1700. The van der Waals surface area contributed by atoms with Gasteiger partial charge in [0.2, 0.25) is 23.6 Å². The number of carbonyl (C=O) groups excluding carboxylic acids is 4. The number of aromatic amines is 2. The Labute approximate surface area is 264 Å². The van der Waals surface area contributed by atoms with Crippen LogP contribution in [0.5, 0.6) is 0 Å². The molecule has 4 rings (SSSR count). The van der Waals surface area contributed by atoms with Gasteiger partial charge >= 0.3 is 5.97 Å². The number of unbranched alkanes of at least 4 members (excludes halogenated alkanes) is 1. The summed E-state index contributed by atoms with van der Waals surface area (Å²) in [7, 11) is 0. The van der Waals surface area contributed by atoms with Crippen LogP contribution in [0.4, 0.5) is 0 Å². The number of aromatic nitrogens is 2. The van der Waals surface area contributed by atoms with Crippen LogP contribution in [-0.2, 0) is 36.8 Å². The minimum atomic E-state index is -1.50. The number of para-hydroxylation sites is 2. The number of hydrogen-bond donors (Lipinski definition) is 9. The zero-order valence-corrected chi connectivity index (χ0v) is 25.3. The number of rotatable bonds is 17. The summed E-state index contributed by atoms with van der Waals surface area (Å²) in [5, 5.41) is 18.9. The highest BCUT2D eigenvalue weighted by Gasteiger charge is 2.32. The van der Waals surface area contributed by atoms with Gasteiger partial charge in [0.1, 0.15) is 18.1 Å². The Hall–Kier alpha value is -5.21. The summed E-state index contributed by atoms with van der Waals surface area (Å²) in [5.74, 6) is -4.46. The molecule has 0 spiro atoms. The van der Waals surface area contributed by atoms with Crippen LogP contribution < -0.4 is 33.2 Å². The molecule has 4 aromatic rings. The first-order valence-electron chi connectivity index (χ1n) is 15.0. The number of nitrogens with one attached hydrogen (secondary N) is 5. The van der Waals surface area contributed by atoms with Crippen LogP contribution in [-0.4, -0.2) is 75.4 Å². The molecule has 0 bridgehead atoms. The van der Waals surface area contributed by atoms with Crippen LogP contribution >= 0.6 is 0 Å². The van der Waals surface area contributed by atoms with Crippen molar-refractivity contribution in [1.29, 1.82) is 0 Å². The predicted octanol–water partition coefficient (Wildman–Crippen LogP) is 0.305. The fraction of sp³-hybridized carbons (Fsp3) is 0.344. The molecular weight excluding hydrogens is 592 g/mol. The Kier molecular flexibility index (Phi) is 11.5. The number of primary amides is 1. The van der Waals surface area contributed by atoms with Gasteiger partial charge in [-0.2, -0.15) is 0 Å². The molecule has 0 fully saturated rings. The molecule has 4 atom stereocenters. The minimum absolute atomic E-state index is 0.0170. The second kappa shape index (κ2) is 15.7. The number of carboxylic acids is 1. The average Bonchev–Trinajstić information content (AvgIpc) is 3.63. The lowest BCUT2D eigenvalue weighted by Gasteiger charge is -2.25. The van der Waals surface area contributed by atoms with Gasteiger partial charge in [-0.1, -0.05) is 36.4 Å². The maximum atomic E-state index is 13.7. The van der Waals surface area contributed by atoms with E-state index in [0.29, 0.717) is 24.9 Å². The predicted molar refractivity (Wildman–Crippen MR) is 172 cm³/mol. The van der Waals surface area contributed by atoms with E-state index >= 15 is 0 Å². The molecule has 12 N–H and O–H groups in total. The zero-order valence-electron chi connectivity index (χ0n) is 25.3. The quantitative estimate of drug-likeness (QED) is 0.0731. The third-order valence-corrected chi connectivity index (χ3v) is 7.78. The van der Waals surface area contributed by atoms with Gasteiger partial charge in [-0.05, 0) is 55.5 Å². The summed E-state index contributed by atoms with van der Waals surface area (Å²) < 4.78 is 0. The lowest BCUT2D eigenvalue weighted by molar-refractivity contribution is -0.142. The molecule has 0 aliphatic carbocycles. The lowest BCUT2D eigenvalue weighted by atomic mass is 10.0. The number of fused-ring (bicyclic) bond motifs is 2. The van der Waals surface area contributed by atoms with Gasteiger partial charge in [-0.15, -0.1) is 0 Å². The van der Waals surface area contributed by atoms with Crippen LogP contribution in [0.25, 0.3) is 21.8 Å². The SMILES string of the molecule is NCCCCC(NC(=O)C(CC(N)=O)NC(=O)C(Cc1c[nH]c2ccccc12)NC(=O)C(N)Cc1c[nH]c2ccccc12)C(=O)O. The summed E-state index contributed by atoms with van der Waals surface area (Å²) in [5.41, 5.74) is 20.4. The van der Waals surface area contributed by atoms with Gasteiger partial charge in [-0.3, -0.25) is 19.2 Å². The van der Waals surface area contributed by atoms with Crippen molar-refractivity contribution >= 4 is 51.4 Å². The number of carboxylic acid groups (broad SMARTS) is 1. The van der Waals surface area contributed by atoms with E-state index in [1.807, 2.05) is 48.5 Å². The highest BCUT2D eigenvalue weighted by Crippen LogP contribution is 2.21. The molecule has 14 nitrogen and oxygen atoms in total. The van der Waals surface area contributed by atoms with Gasteiger partial charge in [0, 0.05) is 40.6 Å². The second-order valence-electron chi connectivity index (χ2n) is 11.2. The zero-order chi connectivity index (χ0) is 33.2. The Morgan fingerprint density at radius 1 is 0.717 bits per heavy atom. The first-order chi connectivity index (χ1) is 22.1. The molecule has 2 aromatic carbocycles. The molecular formula is C32H40N8O6. The minimum Gasteiger partial charge on any atom is -0.480 e. The van der Waals surface area contributed by atoms with Crippen LogP contribution in [0.2, 0.25) is 0 Å². The number of nitrogens with two attached hydrogens (primary N) is 3. The molecule has 14 heteroatoms. The third kappa shape index (κ3) is 8.70. The van der Waals surface area contributed by atoms with Gasteiger partial charge in [-0.25, -0.2) is 4.79 Å². The first-order valence-corrected chi connectivity index (χ1v) is 15.0. The largest absolute Gasteiger partial charge is 0.480 e. The number of amides is 4. The molecule has 0 aliphatic heterocycles. The van der Waals surface area contributed by atoms with E-state index in [4.69, 9.17) is 17.2 Å². The number of benzene rings is 2. The monoisotopic (exact) mass is 632 g/mol. The number of aliphatic carboxylic acids is 1. The summed E-state index contributed by atoms with van der Waals surface area (Å²) in [4.78, 5) is 70.2. The molecule has 4 unspecified atom stereocenters. The molecule has 2 heterocycles. The number of carbonyl (C=O) groups is 5. The van der Waals surface area contributed by atoms with Crippen molar-refractivity contribution in [3.63, 3.8) is 0 Å². The van der Waals surface area contributed by atoms with Crippen molar-refractivity contribution in [2.45, 2.75) is 62.7 Å². The van der Waals surface area contributed by atoms with E-state index in [0.717, 1.165) is 27.4 Å². The van der Waals surface area contributed by atoms with Crippen molar-refractivity contribution in [1.82, 2.24) is 25.9 Å². The van der Waals surface area contributed by atoms with Gasteiger partial charge in [0.15, 0.2) is 0 Å². The molecule has 0 saturated carbocycles. The fourth-order valence-electron chi connectivity index (χ4n) is 5.34. The molecule has 46 heavy (non-hydrogen) atoms. The van der Waals surface area contributed by atoms with Crippen LogP contribution in [0.3, 0.4) is 0 Å². The molecule has 2 aromatic heterocycles. The van der Waals surface area contributed by atoms with Crippen molar-refractivity contribution < 1.29 is 29.1 Å². The summed E-state index contributed by atoms with van der Waals surface area (Å²) in [6.45, 7) is 0.357. The standard InChI is InChI=1S/C32H40N8O6/c33-12-6-5-11-25(32(45)46)38-31(44)27(15-28(35)41)40-30(43)26(14-19-17-37-24-10-4-2-8-21(19)24)39-29(42)22(34)13-18-16-36-23-9-3-1-7-20(18)23/h1-4,7-10,16-17,22,25-27,36-37H,5-6,11-15,33-34H2,(H2,35,41)(H,38,44)(H,39,42)(H,40,43)(H,45,46). The summed E-state index contributed by atoms with van der Waals surface area (Å²) >= 11 is 0. The molecule has 0 saturated heterocycles. The van der Waals surface area contributed by atoms with Gasteiger partial charge < -0.3 is 48.2 Å². The van der Waals surface area contributed by atoms with Gasteiger partial charge in [0.05, 0.1) is 12.5 Å². The molecule has 0 radical (unpaired) electrons. The number of hydrogen-bond acceptors (Lipinski definition) is 7. The highest BCUT2D eigenvalue weighted by molar-refractivity contribution is 5.97. The molecule has 0 aliphatic rings. The molecule has 4 amide bonds. The average molecular weight is 633 g/mol. The smallest absolute Gasteiger partial charge is 0.326 e. The van der Waals surface area contributed by atoms with Crippen LogP contribution in [0.1, 0.15) is 36.8 Å². The Morgan fingerprint density at radius 2 is 1.24 bits per heavy atom. The van der Waals surface area contributed by atoms with E-state index in [1.54, 1.807) is 12.4 Å². The van der Waals surface area contributed by atoms with E-state index in [9.17, 15) is 29.1 Å². The van der Waals surface area contributed by atoms with E-state index in [1.165, 1.54) is 0 Å². The topological polar surface area (TPSA) is 251 Å². The Morgan fingerprint density at radius 3 is 1.80 bits per heavy atom. The normalized spacial score (nSPS) is 13.9.